The van der Waals surface area contributed by atoms with Crippen molar-refractivity contribution in [3.63, 3.8) is 0 Å². The molecule has 9 heteroatoms. The average Bonchev–Trinajstić information content (AvgIpc) is 3.32. The molecule has 5 rings (SSSR count). The molecule has 6 nitrogen and oxygen atoms in total. The normalized spacial score (nSPS) is 13.7. The fourth-order valence-electron chi connectivity index (χ4n) is 3.96. The van der Waals surface area contributed by atoms with E-state index in [1.54, 1.807) is 0 Å². The molecule has 1 aromatic heterocycles. The van der Waals surface area contributed by atoms with Crippen LogP contribution in [0.4, 0.5) is 0 Å². The fourth-order valence-corrected chi connectivity index (χ4v) is 5.32. The minimum Gasteiger partial charge on any atom is -0.378 e. The Balaban J connectivity index is 1.48. The van der Waals surface area contributed by atoms with E-state index in [0.717, 1.165) is 16.8 Å². The minimum atomic E-state index is 0.0255. The lowest BCUT2D eigenvalue weighted by Gasteiger charge is -2.27. The minimum absolute atomic E-state index is 0.0255. The van der Waals surface area contributed by atoms with Gasteiger partial charge in [-0.25, -0.2) is 0 Å². The molecule has 1 aliphatic heterocycles. The molecule has 1 aliphatic rings. The maximum atomic E-state index is 13.2. The molecule has 2 heterocycles. The van der Waals surface area contributed by atoms with Crippen molar-refractivity contribution in [3.05, 3.63) is 94.0 Å². The maximum absolute atomic E-state index is 13.2. The van der Waals surface area contributed by atoms with Gasteiger partial charge in [0.2, 0.25) is 0 Å². The predicted octanol–water partition coefficient (Wildman–Crippen LogP) is 6.01. The summed E-state index contributed by atoms with van der Waals surface area (Å²) in [5.74, 6) is 1.20. The van der Waals surface area contributed by atoms with Crippen molar-refractivity contribution in [1.29, 1.82) is 0 Å². The van der Waals surface area contributed by atoms with Crippen molar-refractivity contribution < 1.29 is 9.53 Å². The number of thioether (sulfide) groups is 1. The Kier molecular flexibility index (Phi) is 7.39. The molecule has 4 aromatic rings. The molecule has 0 atom stereocenters. The first kappa shape index (κ1) is 23.9. The number of ether oxygens (including phenoxy) is 1. The third-order valence-electron chi connectivity index (χ3n) is 5.72. The molecule has 0 saturated carbocycles. The SMILES string of the molecule is O=C(c1ccccc1CSc1nnc(-c2ccccc2Cl)n1-c1cccc(Cl)c1)N1CCOCC1. The highest BCUT2D eigenvalue weighted by atomic mass is 35.5. The molecule has 178 valence electrons. The Labute approximate surface area is 217 Å². The quantitative estimate of drug-likeness (QED) is 0.289. The number of carbonyl (C=O) groups is 1. The summed E-state index contributed by atoms with van der Waals surface area (Å²) in [7, 11) is 0. The summed E-state index contributed by atoms with van der Waals surface area (Å²) >= 11 is 14.3. The van der Waals surface area contributed by atoms with Crippen molar-refractivity contribution in [3.8, 4) is 17.1 Å². The standard InChI is InChI=1S/C26H22Cl2N4O2S/c27-19-7-5-8-20(16-19)32-24(22-10-3-4-11-23(22)28)29-30-26(32)35-17-18-6-1-2-9-21(18)25(33)31-12-14-34-15-13-31/h1-11,16H,12-15,17H2. The van der Waals surface area contributed by atoms with Crippen LogP contribution in [0.1, 0.15) is 15.9 Å². The van der Waals surface area contributed by atoms with E-state index in [4.69, 9.17) is 27.9 Å². The van der Waals surface area contributed by atoms with E-state index in [1.165, 1.54) is 11.8 Å². The van der Waals surface area contributed by atoms with Crippen LogP contribution in [-0.4, -0.2) is 51.9 Å². The van der Waals surface area contributed by atoms with Gasteiger partial charge in [-0.3, -0.25) is 9.36 Å². The topological polar surface area (TPSA) is 60.2 Å². The van der Waals surface area contributed by atoms with Crippen molar-refractivity contribution in [1.82, 2.24) is 19.7 Å². The van der Waals surface area contributed by atoms with Crippen LogP contribution in [0.5, 0.6) is 0 Å². The molecule has 0 N–H and O–H groups in total. The summed E-state index contributed by atoms with van der Waals surface area (Å²) in [6.45, 7) is 2.33. The Bertz CT molecular complexity index is 1350. The zero-order valence-electron chi connectivity index (χ0n) is 18.7. The van der Waals surface area contributed by atoms with Crippen molar-refractivity contribution >= 4 is 40.9 Å². The van der Waals surface area contributed by atoms with Crippen LogP contribution in [-0.2, 0) is 10.5 Å². The summed E-state index contributed by atoms with van der Waals surface area (Å²) in [5.41, 5.74) is 3.24. The molecule has 0 bridgehead atoms. The predicted molar refractivity (Wildman–Crippen MR) is 140 cm³/mol. The second-order valence-corrected chi connectivity index (χ2v) is 9.74. The van der Waals surface area contributed by atoms with Gasteiger partial charge in [0.05, 0.1) is 23.9 Å². The summed E-state index contributed by atoms with van der Waals surface area (Å²) in [4.78, 5) is 15.0. The maximum Gasteiger partial charge on any atom is 0.254 e. The number of morpholine rings is 1. The summed E-state index contributed by atoms with van der Waals surface area (Å²) in [5, 5.41) is 10.8. The largest absolute Gasteiger partial charge is 0.378 e. The molecule has 3 aromatic carbocycles. The van der Waals surface area contributed by atoms with E-state index in [0.29, 0.717) is 58.6 Å². The Morgan fingerprint density at radius 3 is 2.51 bits per heavy atom. The van der Waals surface area contributed by atoms with Crippen molar-refractivity contribution in [2.75, 3.05) is 26.3 Å². The van der Waals surface area contributed by atoms with Crippen LogP contribution < -0.4 is 0 Å². The van der Waals surface area contributed by atoms with Gasteiger partial charge in [-0.15, -0.1) is 10.2 Å². The van der Waals surface area contributed by atoms with Crippen LogP contribution in [0, 0.1) is 0 Å². The lowest BCUT2D eigenvalue weighted by Crippen LogP contribution is -2.41. The molecule has 35 heavy (non-hydrogen) atoms. The molecule has 0 spiro atoms. The number of aromatic nitrogens is 3. The van der Waals surface area contributed by atoms with Crippen LogP contribution in [0.15, 0.2) is 78.0 Å². The van der Waals surface area contributed by atoms with Gasteiger partial charge < -0.3 is 9.64 Å². The number of hydrogen-bond acceptors (Lipinski definition) is 5. The van der Waals surface area contributed by atoms with Crippen LogP contribution >= 0.6 is 35.0 Å². The Hall–Kier alpha value is -2.84. The number of halogens is 2. The molecular weight excluding hydrogens is 503 g/mol. The molecular formula is C26H22Cl2N4O2S. The van der Waals surface area contributed by atoms with Gasteiger partial charge in [-0.2, -0.15) is 0 Å². The zero-order chi connectivity index (χ0) is 24.2. The highest BCUT2D eigenvalue weighted by Crippen LogP contribution is 2.34. The molecule has 0 radical (unpaired) electrons. The molecule has 0 aliphatic carbocycles. The summed E-state index contributed by atoms with van der Waals surface area (Å²) in [6.07, 6.45) is 0. The van der Waals surface area contributed by atoms with Gasteiger partial charge in [-0.1, -0.05) is 71.4 Å². The molecule has 0 unspecified atom stereocenters. The van der Waals surface area contributed by atoms with Crippen LogP contribution in [0.2, 0.25) is 10.0 Å². The Morgan fingerprint density at radius 1 is 0.943 bits per heavy atom. The first-order valence-corrected chi connectivity index (χ1v) is 12.9. The second-order valence-electron chi connectivity index (χ2n) is 7.95. The Morgan fingerprint density at radius 2 is 1.71 bits per heavy atom. The number of carbonyl (C=O) groups excluding carboxylic acids is 1. The highest BCUT2D eigenvalue weighted by Gasteiger charge is 2.22. The average molecular weight is 525 g/mol. The number of hydrogen-bond donors (Lipinski definition) is 0. The molecule has 1 amide bonds. The number of nitrogens with zero attached hydrogens (tertiary/aromatic N) is 4. The van der Waals surface area contributed by atoms with E-state index in [9.17, 15) is 4.79 Å². The van der Waals surface area contributed by atoms with E-state index in [-0.39, 0.29) is 5.91 Å². The van der Waals surface area contributed by atoms with Crippen LogP contribution in [0.25, 0.3) is 17.1 Å². The smallest absolute Gasteiger partial charge is 0.254 e. The van der Waals surface area contributed by atoms with Gasteiger partial charge in [-0.05, 0) is 42.0 Å². The van der Waals surface area contributed by atoms with Crippen molar-refractivity contribution in [2.24, 2.45) is 0 Å². The molecule has 1 fully saturated rings. The number of amides is 1. The lowest BCUT2D eigenvalue weighted by molar-refractivity contribution is 0.0302. The van der Waals surface area contributed by atoms with E-state index < -0.39 is 0 Å². The fraction of sp³-hybridized carbons (Fsp3) is 0.192. The van der Waals surface area contributed by atoms with E-state index in [2.05, 4.69) is 10.2 Å². The first-order chi connectivity index (χ1) is 17.1. The van der Waals surface area contributed by atoms with E-state index >= 15 is 0 Å². The summed E-state index contributed by atoms with van der Waals surface area (Å²) in [6, 6.07) is 22.8. The third-order valence-corrected chi connectivity index (χ3v) is 7.26. The third kappa shape index (κ3) is 5.23. The zero-order valence-corrected chi connectivity index (χ0v) is 21.1. The van der Waals surface area contributed by atoms with Gasteiger partial charge >= 0.3 is 0 Å². The van der Waals surface area contributed by atoms with Crippen molar-refractivity contribution in [2.45, 2.75) is 10.9 Å². The van der Waals surface area contributed by atoms with Gasteiger partial charge in [0.1, 0.15) is 0 Å². The van der Waals surface area contributed by atoms with Gasteiger partial charge in [0, 0.05) is 35.0 Å². The van der Waals surface area contributed by atoms with Crippen LogP contribution in [0.3, 0.4) is 0 Å². The number of benzene rings is 3. The van der Waals surface area contributed by atoms with E-state index in [1.807, 2.05) is 82.3 Å². The van der Waals surface area contributed by atoms with Gasteiger partial charge in [0.15, 0.2) is 11.0 Å². The number of rotatable bonds is 6. The highest BCUT2D eigenvalue weighted by molar-refractivity contribution is 7.98. The van der Waals surface area contributed by atoms with Gasteiger partial charge in [0.25, 0.3) is 5.91 Å². The lowest BCUT2D eigenvalue weighted by atomic mass is 10.1. The second kappa shape index (κ2) is 10.8. The molecule has 1 saturated heterocycles. The summed E-state index contributed by atoms with van der Waals surface area (Å²) < 4.78 is 7.35. The first-order valence-electron chi connectivity index (χ1n) is 11.2. The monoisotopic (exact) mass is 524 g/mol.